The smallest absolute Gasteiger partial charge is 0.348 e. The number of benzene rings is 1. The van der Waals surface area contributed by atoms with Gasteiger partial charge in [-0.15, -0.1) is 0 Å². The minimum Gasteiger partial charge on any atom is -0.507 e. The van der Waals surface area contributed by atoms with Crippen LogP contribution in [0.4, 0.5) is 5.69 Å². The zero-order chi connectivity index (χ0) is 19.8. The first kappa shape index (κ1) is 19.9. The summed E-state index contributed by atoms with van der Waals surface area (Å²) >= 11 is 0. The molecular weight excluding hydrogens is 354 g/mol. The summed E-state index contributed by atoms with van der Waals surface area (Å²) in [7, 11) is 0. The van der Waals surface area contributed by atoms with Crippen LogP contribution < -0.4 is 5.63 Å². The van der Waals surface area contributed by atoms with Gasteiger partial charge in [0.15, 0.2) is 6.61 Å². The Morgan fingerprint density at radius 1 is 1.19 bits per heavy atom. The molecule has 0 radical (unpaired) electrons. The van der Waals surface area contributed by atoms with Gasteiger partial charge in [0, 0.05) is 18.7 Å². The van der Waals surface area contributed by atoms with Crippen LogP contribution in [0.15, 0.2) is 44.5 Å². The molecule has 1 N–H and O–H groups in total. The Bertz CT molecular complexity index is 897. The van der Waals surface area contributed by atoms with E-state index in [4.69, 9.17) is 9.15 Å². The summed E-state index contributed by atoms with van der Waals surface area (Å²) < 4.78 is 14.5. The standard InChI is InChI=1S/C19H19NO7/c1-3-14-9-16(21)15(19(24)27-14)10-20-13-7-5-12(6-8-13)18(23)26-11-17(22)25-4-2/h5-10,21H,3-4,11H2,1-2H3. The van der Waals surface area contributed by atoms with Crippen LogP contribution in [0.3, 0.4) is 0 Å². The van der Waals surface area contributed by atoms with Gasteiger partial charge in [0.25, 0.3) is 0 Å². The number of aryl methyl sites for hydroxylation is 1. The average molecular weight is 373 g/mol. The van der Waals surface area contributed by atoms with Crippen molar-refractivity contribution >= 4 is 23.8 Å². The van der Waals surface area contributed by atoms with E-state index in [1.54, 1.807) is 13.8 Å². The van der Waals surface area contributed by atoms with E-state index in [0.29, 0.717) is 17.9 Å². The van der Waals surface area contributed by atoms with Crippen LogP contribution in [0.1, 0.15) is 35.5 Å². The molecule has 1 aromatic carbocycles. The Morgan fingerprint density at radius 2 is 1.89 bits per heavy atom. The quantitative estimate of drug-likeness (QED) is 0.585. The van der Waals surface area contributed by atoms with E-state index >= 15 is 0 Å². The first-order chi connectivity index (χ1) is 12.9. The van der Waals surface area contributed by atoms with Gasteiger partial charge in [0.1, 0.15) is 17.1 Å². The van der Waals surface area contributed by atoms with Gasteiger partial charge in [-0.25, -0.2) is 14.4 Å². The summed E-state index contributed by atoms with van der Waals surface area (Å²) in [6.45, 7) is 3.19. The fraction of sp³-hybridized carbons (Fsp3) is 0.263. The van der Waals surface area contributed by atoms with Gasteiger partial charge < -0.3 is 19.0 Å². The summed E-state index contributed by atoms with van der Waals surface area (Å²) in [6, 6.07) is 7.34. The topological polar surface area (TPSA) is 115 Å². The second-order valence-corrected chi connectivity index (χ2v) is 5.34. The van der Waals surface area contributed by atoms with E-state index in [1.807, 2.05) is 0 Å². The zero-order valence-corrected chi connectivity index (χ0v) is 14.9. The van der Waals surface area contributed by atoms with Crippen LogP contribution in [-0.4, -0.2) is 36.5 Å². The lowest BCUT2D eigenvalue weighted by Crippen LogP contribution is -2.16. The second-order valence-electron chi connectivity index (χ2n) is 5.34. The molecule has 0 saturated heterocycles. The van der Waals surface area contributed by atoms with Crippen LogP contribution in [0, 0.1) is 0 Å². The molecule has 0 bridgehead atoms. The van der Waals surface area contributed by atoms with E-state index in [0.717, 1.165) is 0 Å². The van der Waals surface area contributed by atoms with Gasteiger partial charge in [-0.1, -0.05) is 6.92 Å². The molecule has 27 heavy (non-hydrogen) atoms. The first-order valence-corrected chi connectivity index (χ1v) is 8.27. The van der Waals surface area contributed by atoms with Gasteiger partial charge in [-0.2, -0.15) is 0 Å². The maximum absolute atomic E-state index is 11.8. The van der Waals surface area contributed by atoms with E-state index in [1.165, 1.54) is 36.5 Å². The van der Waals surface area contributed by atoms with Crippen molar-refractivity contribution in [2.24, 2.45) is 4.99 Å². The van der Waals surface area contributed by atoms with Gasteiger partial charge in [-0.05, 0) is 31.2 Å². The van der Waals surface area contributed by atoms with Crippen molar-refractivity contribution in [3.05, 3.63) is 57.6 Å². The Morgan fingerprint density at radius 3 is 2.48 bits per heavy atom. The van der Waals surface area contributed by atoms with Crippen molar-refractivity contribution in [1.29, 1.82) is 0 Å². The van der Waals surface area contributed by atoms with Gasteiger partial charge in [-0.3, -0.25) is 4.99 Å². The highest BCUT2D eigenvalue weighted by Crippen LogP contribution is 2.17. The molecule has 8 heteroatoms. The molecule has 0 aliphatic carbocycles. The fourth-order valence-corrected chi connectivity index (χ4v) is 2.06. The predicted octanol–water partition coefficient (Wildman–Crippen LogP) is 2.38. The molecule has 0 atom stereocenters. The highest BCUT2D eigenvalue weighted by Gasteiger charge is 2.11. The Labute approximate surface area is 155 Å². The number of aromatic hydroxyl groups is 1. The lowest BCUT2D eigenvalue weighted by atomic mass is 10.2. The van der Waals surface area contributed by atoms with Gasteiger partial charge in [0.2, 0.25) is 0 Å². The van der Waals surface area contributed by atoms with Gasteiger partial charge in [0.05, 0.1) is 17.9 Å². The van der Waals surface area contributed by atoms with Crippen molar-refractivity contribution in [3.8, 4) is 5.75 Å². The number of aliphatic imine (C=N–C) groups is 1. The maximum atomic E-state index is 11.8. The van der Waals surface area contributed by atoms with Gasteiger partial charge >= 0.3 is 17.6 Å². The first-order valence-electron chi connectivity index (χ1n) is 8.27. The summed E-state index contributed by atoms with van der Waals surface area (Å²) in [6.07, 6.45) is 1.67. The minimum absolute atomic E-state index is 0.0647. The SMILES string of the molecule is CCOC(=O)COC(=O)c1ccc(N=Cc2c(O)cc(CC)oc2=O)cc1. The fourth-order valence-electron chi connectivity index (χ4n) is 2.06. The third-order valence-corrected chi connectivity index (χ3v) is 3.44. The lowest BCUT2D eigenvalue weighted by molar-refractivity contribution is -0.146. The summed E-state index contributed by atoms with van der Waals surface area (Å²) in [5, 5.41) is 9.89. The zero-order valence-electron chi connectivity index (χ0n) is 14.9. The normalized spacial score (nSPS) is 10.7. The molecule has 0 saturated carbocycles. The molecule has 0 aliphatic heterocycles. The summed E-state index contributed by atoms with van der Waals surface area (Å²) in [4.78, 5) is 38.9. The molecule has 2 rings (SSSR count). The molecule has 0 fully saturated rings. The van der Waals surface area contributed by atoms with Crippen molar-refractivity contribution in [1.82, 2.24) is 0 Å². The van der Waals surface area contributed by atoms with E-state index < -0.39 is 24.2 Å². The number of nitrogens with zero attached hydrogens (tertiary/aromatic N) is 1. The molecule has 0 aliphatic rings. The van der Waals surface area contributed by atoms with Crippen molar-refractivity contribution < 1.29 is 28.6 Å². The largest absolute Gasteiger partial charge is 0.507 e. The number of carbonyl (C=O) groups excluding carboxylic acids is 2. The van der Waals surface area contributed by atoms with Crippen LogP contribution >= 0.6 is 0 Å². The number of ether oxygens (including phenoxy) is 2. The highest BCUT2D eigenvalue weighted by atomic mass is 16.6. The number of rotatable bonds is 7. The molecule has 0 spiro atoms. The molecule has 8 nitrogen and oxygen atoms in total. The lowest BCUT2D eigenvalue weighted by Gasteiger charge is -2.04. The molecule has 142 valence electrons. The minimum atomic E-state index is -0.685. The average Bonchev–Trinajstić information content (AvgIpc) is 2.66. The number of hydrogen-bond donors (Lipinski definition) is 1. The number of hydrogen-bond acceptors (Lipinski definition) is 8. The maximum Gasteiger partial charge on any atom is 0.348 e. The molecule has 1 heterocycles. The van der Waals surface area contributed by atoms with Crippen LogP contribution in [-0.2, 0) is 20.7 Å². The third-order valence-electron chi connectivity index (χ3n) is 3.44. The van der Waals surface area contributed by atoms with Crippen LogP contribution in [0.5, 0.6) is 5.75 Å². The molecule has 2 aromatic rings. The Kier molecular flexibility index (Phi) is 6.87. The summed E-state index contributed by atoms with van der Waals surface area (Å²) in [5.41, 5.74) is -0.0805. The molecule has 0 amide bonds. The number of esters is 2. The predicted molar refractivity (Wildman–Crippen MR) is 96.6 cm³/mol. The van der Waals surface area contributed by atoms with Crippen molar-refractivity contribution in [2.75, 3.05) is 13.2 Å². The molecule has 1 aromatic heterocycles. The summed E-state index contributed by atoms with van der Waals surface area (Å²) in [5.74, 6) is -1.14. The van der Waals surface area contributed by atoms with Crippen LogP contribution in [0.2, 0.25) is 0 Å². The molecular formula is C19H19NO7. The third kappa shape index (κ3) is 5.53. The Hall–Kier alpha value is -3.42. The van der Waals surface area contributed by atoms with Crippen molar-refractivity contribution in [3.63, 3.8) is 0 Å². The van der Waals surface area contributed by atoms with E-state index in [-0.39, 0.29) is 23.5 Å². The highest BCUT2D eigenvalue weighted by molar-refractivity contribution is 5.91. The monoisotopic (exact) mass is 373 g/mol. The van der Waals surface area contributed by atoms with Crippen molar-refractivity contribution in [2.45, 2.75) is 20.3 Å². The number of carbonyl (C=O) groups is 2. The van der Waals surface area contributed by atoms with E-state index in [9.17, 15) is 19.5 Å². The van der Waals surface area contributed by atoms with Crippen LogP contribution in [0.25, 0.3) is 0 Å². The molecule has 0 unspecified atom stereocenters. The van der Waals surface area contributed by atoms with E-state index in [2.05, 4.69) is 9.73 Å². The Balaban J connectivity index is 2.05. The second kappa shape index (κ2) is 9.33.